The van der Waals surface area contributed by atoms with Gasteiger partial charge in [-0.15, -0.1) is 0 Å². The zero-order valence-corrected chi connectivity index (χ0v) is 12.4. The number of carbonyl (C=O) groups excluding carboxylic acids is 1. The highest BCUT2D eigenvalue weighted by Gasteiger charge is 2.31. The van der Waals surface area contributed by atoms with E-state index in [1.54, 1.807) is 6.07 Å². The Kier molecular flexibility index (Phi) is 5.78. The maximum Gasteiger partial charge on any atom is 0.416 e. The van der Waals surface area contributed by atoms with Crippen molar-refractivity contribution >= 4 is 5.91 Å². The Labute approximate surface area is 122 Å². The molecule has 21 heavy (non-hydrogen) atoms. The van der Waals surface area contributed by atoms with Crippen LogP contribution in [0.15, 0.2) is 24.3 Å². The number of hydrogen-bond acceptors (Lipinski definition) is 2. The van der Waals surface area contributed by atoms with E-state index in [-0.39, 0.29) is 11.8 Å². The van der Waals surface area contributed by atoms with E-state index in [1.165, 1.54) is 13.0 Å². The lowest BCUT2D eigenvalue weighted by molar-refractivity contribution is -0.137. The number of halogens is 3. The molecule has 0 saturated heterocycles. The van der Waals surface area contributed by atoms with Crippen LogP contribution in [-0.2, 0) is 11.0 Å². The van der Waals surface area contributed by atoms with E-state index >= 15 is 0 Å². The van der Waals surface area contributed by atoms with Crippen LogP contribution in [-0.4, -0.2) is 11.9 Å². The Hall–Kier alpha value is -1.56. The van der Waals surface area contributed by atoms with Crippen LogP contribution < -0.4 is 11.1 Å². The maximum atomic E-state index is 12.8. The molecule has 0 radical (unpaired) electrons. The summed E-state index contributed by atoms with van der Waals surface area (Å²) in [7, 11) is 0. The summed E-state index contributed by atoms with van der Waals surface area (Å²) >= 11 is 0. The van der Waals surface area contributed by atoms with Crippen molar-refractivity contribution in [2.45, 2.75) is 45.5 Å². The Morgan fingerprint density at radius 1 is 1.29 bits per heavy atom. The fraction of sp³-hybridized carbons (Fsp3) is 0.533. The minimum atomic E-state index is -4.40. The van der Waals surface area contributed by atoms with Crippen LogP contribution in [0.3, 0.4) is 0 Å². The molecule has 3 nitrogen and oxygen atoms in total. The van der Waals surface area contributed by atoms with Gasteiger partial charge in [0.05, 0.1) is 17.6 Å². The second-order valence-corrected chi connectivity index (χ2v) is 5.60. The zero-order valence-electron chi connectivity index (χ0n) is 12.4. The topological polar surface area (TPSA) is 55.1 Å². The first-order valence-electron chi connectivity index (χ1n) is 6.84. The Morgan fingerprint density at radius 3 is 2.38 bits per heavy atom. The highest BCUT2D eigenvalue weighted by atomic mass is 19.4. The third-order valence-corrected chi connectivity index (χ3v) is 3.05. The van der Waals surface area contributed by atoms with Gasteiger partial charge >= 0.3 is 6.18 Å². The summed E-state index contributed by atoms with van der Waals surface area (Å²) in [5.41, 5.74) is 5.22. The van der Waals surface area contributed by atoms with Crippen molar-refractivity contribution in [1.82, 2.24) is 5.32 Å². The molecule has 0 spiro atoms. The molecule has 0 saturated carbocycles. The van der Waals surface area contributed by atoms with Gasteiger partial charge in [0.25, 0.3) is 0 Å². The summed E-state index contributed by atoms with van der Waals surface area (Å²) in [5, 5.41) is 2.71. The highest BCUT2D eigenvalue weighted by molar-refractivity contribution is 5.81. The van der Waals surface area contributed by atoms with E-state index in [0.29, 0.717) is 12.0 Å². The second-order valence-electron chi connectivity index (χ2n) is 5.60. The molecule has 0 heterocycles. The van der Waals surface area contributed by atoms with Crippen LogP contribution >= 0.6 is 0 Å². The van der Waals surface area contributed by atoms with Gasteiger partial charge in [0.15, 0.2) is 0 Å². The van der Waals surface area contributed by atoms with Crippen LogP contribution in [0.25, 0.3) is 0 Å². The fourth-order valence-corrected chi connectivity index (χ4v) is 1.98. The van der Waals surface area contributed by atoms with Gasteiger partial charge in [0, 0.05) is 0 Å². The molecule has 0 aliphatic heterocycles. The summed E-state index contributed by atoms with van der Waals surface area (Å²) in [4.78, 5) is 11.7. The molecule has 0 bridgehead atoms. The summed E-state index contributed by atoms with van der Waals surface area (Å²) < 4.78 is 38.3. The zero-order chi connectivity index (χ0) is 16.2. The summed E-state index contributed by atoms with van der Waals surface area (Å²) in [5.74, 6) is -0.156. The summed E-state index contributed by atoms with van der Waals surface area (Å²) in [6, 6.07) is 3.85. The Bertz CT molecular complexity index is 484. The molecule has 1 aromatic carbocycles. The van der Waals surface area contributed by atoms with Gasteiger partial charge in [0.2, 0.25) is 5.91 Å². The lowest BCUT2D eigenvalue weighted by Gasteiger charge is -2.23. The second kappa shape index (κ2) is 6.93. The summed E-state index contributed by atoms with van der Waals surface area (Å²) in [6.45, 7) is 5.42. The molecule has 0 aromatic heterocycles. The van der Waals surface area contributed by atoms with Crippen molar-refractivity contribution < 1.29 is 18.0 Å². The maximum absolute atomic E-state index is 12.8. The van der Waals surface area contributed by atoms with Crippen LogP contribution in [0.1, 0.15) is 44.4 Å². The van der Waals surface area contributed by atoms with E-state index in [1.807, 2.05) is 13.8 Å². The van der Waals surface area contributed by atoms with Crippen molar-refractivity contribution in [2.75, 3.05) is 0 Å². The Balaban J connectivity index is 3.05. The molecule has 118 valence electrons. The van der Waals surface area contributed by atoms with Crippen molar-refractivity contribution in [3.8, 4) is 0 Å². The van der Waals surface area contributed by atoms with Gasteiger partial charge in [-0.3, -0.25) is 4.79 Å². The van der Waals surface area contributed by atoms with Crippen molar-refractivity contribution in [3.63, 3.8) is 0 Å². The van der Waals surface area contributed by atoms with Crippen molar-refractivity contribution in [3.05, 3.63) is 35.4 Å². The smallest absolute Gasteiger partial charge is 0.348 e. The predicted octanol–water partition coefficient (Wildman–Crippen LogP) is 3.26. The van der Waals surface area contributed by atoms with E-state index in [4.69, 9.17) is 5.73 Å². The average molecular weight is 302 g/mol. The first-order valence-corrected chi connectivity index (χ1v) is 6.84. The van der Waals surface area contributed by atoms with E-state index in [2.05, 4.69) is 5.32 Å². The van der Waals surface area contributed by atoms with Crippen molar-refractivity contribution in [1.29, 1.82) is 0 Å². The highest BCUT2D eigenvalue weighted by Crippen LogP contribution is 2.32. The molecular weight excluding hydrogens is 281 g/mol. The Morgan fingerprint density at radius 2 is 1.90 bits per heavy atom. The van der Waals surface area contributed by atoms with Gasteiger partial charge < -0.3 is 11.1 Å². The van der Waals surface area contributed by atoms with Crippen molar-refractivity contribution in [2.24, 2.45) is 11.7 Å². The quantitative estimate of drug-likeness (QED) is 0.877. The average Bonchev–Trinajstić information content (AvgIpc) is 2.36. The first kappa shape index (κ1) is 17.5. The fourth-order valence-electron chi connectivity index (χ4n) is 1.98. The number of benzene rings is 1. The van der Waals surface area contributed by atoms with Gasteiger partial charge in [-0.05, 0) is 37.0 Å². The van der Waals surface area contributed by atoms with Gasteiger partial charge in [0.1, 0.15) is 0 Å². The molecule has 0 aliphatic carbocycles. The van der Waals surface area contributed by atoms with E-state index in [0.717, 1.165) is 12.1 Å². The number of hydrogen-bond donors (Lipinski definition) is 2. The van der Waals surface area contributed by atoms with E-state index < -0.39 is 23.8 Å². The molecular formula is C15H21F3N2O. The van der Waals surface area contributed by atoms with Crippen LogP contribution in [0.4, 0.5) is 13.2 Å². The third kappa shape index (κ3) is 5.38. The molecule has 1 aromatic rings. The van der Waals surface area contributed by atoms with Gasteiger partial charge in [-0.2, -0.15) is 13.2 Å². The number of alkyl halides is 3. The molecule has 1 rings (SSSR count). The molecule has 3 N–H and O–H groups in total. The summed E-state index contributed by atoms with van der Waals surface area (Å²) in [6.07, 6.45) is -3.86. The number of nitrogens with one attached hydrogen (secondary N) is 1. The molecule has 2 atom stereocenters. The predicted molar refractivity (Wildman–Crippen MR) is 75.4 cm³/mol. The number of rotatable bonds is 5. The van der Waals surface area contributed by atoms with E-state index in [9.17, 15) is 18.0 Å². The number of carbonyl (C=O) groups is 1. The molecule has 0 fully saturated rings. The van der Waals surface area contributed by atoms with Crippen LogP contribution in [0.2, 0.25) is 0 Å². The van der Waals surface area contributed by atoms with Gasteiger partial charge in [-0.1, -0.05) is 26.0 Å². The molecule has 1 amide bonds. The number of amides is 1. The minimum Gasteiger partial charge on any atom is -0.348 e. The number of nitrogens with two attached hydrogens (primary N) is 1. The lowest BCUT2D eigenvalue weighted by atomic mass is 9.95. The molecule has 6 heteroatoms. The normalized spacial score (nSPS) is 14.9. The lowest BCUT2D eigenvalue weighted by Crippen LogP contribution is -2.40. The largest absolute Gasteiger partial charge is 0.416 e. The van der Waals surface area contributed by atoms with Crippen LogP contribution in [0.5, 0.6) is 0 Å². The SMILES string of the molecule is CC(C)CC(NC(=O)[C@H](C)N)c1cccc(C(F)(F)F)c1. The monoisotopic (exact) mass is 302 g/mol. The van der Waals surface area contributed by atoms with Gasteiger partial charge in [-0.25, -0.2) is 0 Å². The molecule has 0 aliphatic rings. The first-order chi connectivity index (χ1) is 9.61. The third-order valence-electron chi connectivity index (χ3n) is 3.05. The minimum absolute atomic E-state index is 0.220. The molecule has 1 unspecified atom stereocenters. The van der Waals surface area contributed by atoms with Crippen LogP contribution in [0, 0.1) is 5.92 Å². The standard InChI is InChI=1S/C15H21F3N2O/c1-9(2)7-13(20-14(21)10(3)19)11-5-4-6-12(8-11)15(16,17)18/h4-6,8-10,13H,7,19H2,1-3H3,(H,20,21)/t10-,13?/m0/s1.